The minimum absolute atomic E-state index is 0.280. The number of anilines is 2. The summed E-state index contributed by atoms with van der Waals surface area (Å²) in [5.41, 5.74) is 1.85. The van der Waals surface area contributed by atoms with Crippen LogP contribution in [0.4, 0.5) is 11.4 Å². The highest BCUT2D eigenvalue weighted by Gasteiger charge is 2.18. The van der Waals surface area contributed by atoms with E-state index in [1.807, 2.05) is 0 Å². The standard InChI is InChI=1S/C19H20N4O4/c1-27-19(26)16-4-2-3-5-17(16)21-18(25)14-10-15(12-20-11-14)23-8-6-22(13-24)7-9-23/h2-5,10-13H,6-9H2,1H3,(H,21,25). The second-order valence-electron chi connectivity index (χ2n) is 6.05. The Kier molecular flexibility index (Phi) is 5.65. The number of carbonyl (C=O) groups is 3. The quantitative estimate of drug-likeness (QED) is 0.634. The lowest BCUT2D eigenvalue weighted by Crippen LogP contribution is -2.45. The first kappa shape index (κ1) is 18.4. The summed E-state index contributed by atoms with van der Waals surface area (Å²) in [6.07, 6.45) is 4.01. The monoisotopic (exact) mass is 368 g/mol. The molecule has 0 bridgehead atoms. The number of carbonyl (C=O) groups excluding carboxylic acids is 3. The van der Waals surface area contributed by atoms with Crippen molar-refractivity contribution in [1.29, 1.82) is 0 Å². The van der Waals surface area contributed by atoms with E-state index in [4.69, 9.17) is 4.74 Å². The van der Waals surface area contributed by atoms with E-state index in [0.717, 1.165) is 12.1 Å². The molecule has 1 N–H and O–H groups in total. The van der Waals surface area contributed by atoms with Crippen molar-refractivity contribution in [2.75, 3.05) is 43.5 Å². The van der Waals surface area contributed by atoms with Crippen molar-refractivity contribution in [3.05, 3.63) is 53.9 Å². The highest BCUT2D eigenvalue weighted by Crippen LogP contribution is 2.20. The van der Waals surface area contributed by atoms with Crippen LogP contribution in [-0.2, 0) is 9.53 Å². The van der Waals surface area contributed by atoms with Crippen LogP contribution in [0, 0.1) is 0 Å². The minimum Gasteiger partial charge on any atom is -0.465 e. The third kappa shape index (κ3) is 4.22. The van der Waals surface area contributed by atoms with Crippen LogP contribution in [0.3, 0.4) is 0 Å². The smallest absolute Gasteiger partial charge is 0.339 e. The molecule has 0 aliphatic carbocycles. The Morgan fingerprint density at radius 1 is 1.15 bits per heavy atom. The maximum atomic E-state index is 12.6. The maximum absolute atomic E-state index is 12.6. The van der Waals surface area contributed by atoms with Crippen LogP contribution in [0.15, 0.2) is 42.7 Å². The number of para-hydroxylation sites is 1. The fourth-order valence-electron chi connectivity index (χ4n) is 2.88. The number of ether oxygens (including phenoxy) is 1. The Labute approximate surface area is 156 Å². The molecule has 0 radical (unpaired) electrons. The number of aromatic nitrogens is 1. The van der Waals surface area contributed by atoms with Crippen LogP contribution >= 0.6 is 0 Å². The number of esters is 1. The van der Waals surface area contributed by atoms with Crippen molar-refractivity contribution in [2.45, 2.75) is 0 Å². The van der Waals surface area contributed by atoms with Gasteiger partial charge in [0.15, 0.2) is 0 Å². The summed E-state index contributed by atoms with van der Waals surface area (Å²) in [7, 11) is 1.29. The predicted octanol–water partition coefficient (Wildman–Crippen LogP) is 1.40. The molecule has 8 nitrogen and oxygen atoms in total. The summed E-state index contributed by atoms with van der Waals surface area (Å²) in [5.74, 6) is -0.891. The molecule has 1 aromatic carbocycles. The second kappa shape index (κ2) is 8.31. The summed E-state index contributed by atoms with van der Waals surface area (Å²) in [4.78, 5) is 43.2. The molecule has 0 saturated carbocycles. The molecule has 0 unspecified atom stereocenters. The molecule has 2 heterocycles. The molecule has 27 heavy (non-hydrogen) atoms. The number of hydrogen-bond donors (Lipinski definition) is 1. The van der Waals surface area contributed by atoms with Gasteiger partial charge in [-0.3, -0.25) is 14.6 Å². The van der Waals surface area contributed by atoms with Gasteiger partial charge in [0.1, 0.15) is 0 Å². The first-order valence-corrected chi connectivity index (χ1v) is 8.50. The van der Waals surface area contributed by atoms with Gasteiger partial charge < -0.3 is 19.9 Å². The molecule has 1 saturated heterocycles. The summed E-state index contributed by atoms with van der Waals surface area (Å²) in [6, 6.07) is 8.40. The molecular formula is C19H20N4O4. The molecule has 0 atom stereocenters. The minimum atomic E-state index is -0.522. The number of pyridine rings is 1. The van der Waals surface area contributed by atoms with Gasteiger partial charge in [0.25, 0.3) is 5.91 Å². The zero-order chi connectivity index (χ0) is 19.2. The van der Waals surface area contributed by atoms with Gasteiger partial charge in [-0.2, -0.15) is 0 Å². The zero-order valence-electron chi connectivity index (χ0n) is 14.9. The molecule has 1 fully saturated rings. The Morgan fingerprint density at radius 3 is 2.59 bits per heavy atom. The van der Waals surface area contributed by atoms with Gasteiger partial charge in [-0.1, -0.05) is 12.1 Å². The first-order valence-electron chi connectivity index (χ1n) is 8.50. The summed E-state index contributed by atoms with van der Waals surface area (Å²) >= 11 is 0. The van der Waals surface area contributed by atoms with Crippen LogP contribution < -0.4 is 10.2 Å². The predicted molar refractivity (Wildman–Crippen MR) is 99.8 cm³/mol. The lowest BCUT2D eigenvalue weighted by atomic mass is 10.1. The lowest BCUT2D eigenvalue weighted by molar-refractivity contribution is -0.118. The van der Waals surface area contributed by atoms with Crippen molar-refractivity contribution in [3.8, 4) is 0 Å². The van der Waals surface area contributed by atoms with E-state index in [1.54, 1.807) is 41.4 Å². The van der Waals surface area contributed by atoms with Crippen LogP contribution in [0.5, 0.6) is 0 Å². The molecular weight excluding hydrogens is 348 g/mol. The van der Waals surface area contributed by atoms with E-state index in [0.29, 0.717) is 37.4 Å². The van der Waals surface area contributed by atoms with E-state index >= 15 is 0 Å². The summed E-state index contributed by atoms with van der Waals surface area (Å²) in [6.45, 7) is 2.62. The van der Waals surface area contributed by atoms with Crippen LogP contribution in [0.25, 0.3) is 0 Å². The van der Waals surface area contributed by atoms with Gasteiger partial charge in [-0.15, -0.1) is 0 Å². The molecule has 0 spiro atoms. The van der Waals surface area contributed by atoms with Crippen LogP contribution in [0.1, 0.15) is 20.7 Å². The Balaban J connectivity index is 1.75. The Hall–Kier alpha value is -3.42. The number of rotatable bonds is 5. The van der Waals surface area contributed by atoms with Gasteiger partial charge in [-0.25, -0.2) is 4.79 Å². The molecule has 8 heteroatoms. The zero-order valence-corrected chi connectivity index (χ0v) is 14.9. The number of amides is 2. The average Bonchev–Trinajstić information content (AvgIpc) is 2.73. The molecule has 1 aliphatic heterocycles. The number of hydrogen-bond acceptors (Lipinski definition) is 6. The second-order valence-corrected chi connectivity index (χ2v) is 6.05. The Morgan fingerprint density at radius 2 is 1.89 bits per heavy atom. The van der Waals surface area contributed by atoms with Crippen molar-refractivity contribution in [2.24, 2.45) is 0 Å². The largest absolute Gasteiger partial charge is 0.465 e. The van der Waals surface area contributed by atoms with E-state index in [1.165, 1.54) is 13.3 Å². The lowest BCUT2D eigenvalue weighted by Gasteiger charge is -2.34. The number of methoxy groups -OCH3 is 1. The number of nitrogens with zero attached hydrogens (tertiary/aromatic N) is 3. The van der Waals surface area contributed by atoms with Gasteiger partial charge in [-0.05, 0) is 18.2 Å². The van der Waals surface area contributed by atoms with Crippen molar-refractivity contribution in [1.82, 2.24) is 9.88 Å². The number of nitrogens with one attached hydrogen (secondary N) is 1. The summed E-state index contributed by atoms with van der Waals surface area (Å²) < 4.78 is 4.74. The maximum Gasteiger partial charge on any atom is 0.339 e. The average molecular weight is 368 g/mol. The van der Waals surface area contributed by atoms with Gasteiger partial charge >= 0.3 is 5.97 Å². The van der Waals surface area contributed by atoms with Crippen molar-refractivity contribution < 1.29 is 19.1 Å². The van der Waals surface area contributed by atoms with E-state index in [9.17, 15) is 14.4 Å². The van der Waals surface area contributed by atoms with E-state index in [2.05, 4.69) is 15.2 Å². The normalized spacial score (nSPS) is 13.8. The fraction of sp³-hybridized carbons (Fsp3) is 0.263. The number of benzene rings is 1. The highest BCUT2D eigenvalue weighted by atomic mass is 16.5. The third-order valence-electron chi connectivity index (χ3n) is 4.40. The van der Waals surface area contributed by atoms with Crippen molar-refractivity contribution >= 4 is 29.7 Å². The van der Waals surface area contributed by atoms with Crippen LogP contribution in [0.2, 0.25) is 0 Å². The van der Waals surface area contributed by atoms with Gasteiger partial charge in [0.2, 0.25) is 6.41 Å². The highest BCUT2D eigenvalue weighted by molar-refractivity contribution is 6.08. The van der Waals surface area contributed by atoms with Crippen LogP contribution in [-0.4, -0.2) is 61.5 Å². The van der Waals surface area contributed by atoms with E-state index in [-0.39, 0.29) is 11.5 Å². The Bertz CT molecular complexity index is 847. The fourth-order valence-corrected chi connectivity index (χ4v) is 2.88. The third-order valence-corrected chi connectivity index (χ3v) is 4.40. The summed E-state index contributed by atoms with van der Waals surface area (Å²) in [5, 5.41) is 2.74. The SMILES string of the molecule is COC(=O)c1ccccc1NC(=O)c1cncc(N2CCN(C=O)CC2)c1. The molecule has 1 aliphatic rings. The molecule has 3 rings (SSSR count). The van der Waals surface area contributed by atoms with Crippen molar-refractivity contribution in [3.63, 3.8) is 0 Å². The first-order chi connectivity index (χ1) is 13.1. The molecule has 2 amide bonds. The van der Waals surface area contributed by atoms with E-state index < -0.39 is 5.97 Å². The van der Waals surface area contributed by atoms with Gasteiger partial charge in [0.05, 0.1) is 35.8 Å². The topological polar surface area (TPSA) is 91.8 Å². The molecule has 2 aromatic rings. The molecule has 1 aromatic heterocycles. The van der Waals surface area contributed by atoms with Gasteiger partial charge in [0, 0.05) is 32.4 Å². The molecule has 140 valence electrons. The number of piperazine rings is 1.